The number of hydrogen-bond acceptors (Lipinski definition) is 5. The maximum absolute atomic E-state index is 12.4. The second kappa shape index (κ2) is 9.43. The topological polar surface area (TPSA) is 65.1 Å². The normalized spacial score (nSPS) is 11.7. The minimum absolute atomic E-state index is 0.311. The number of carbonyl (C=O) groups is 2. The Morgan fingerprint density at radius 1 is 0.963 bits per heavy atom. The van der Waals surface area contributed by atoms with Crippen LogP contribution in [0.4, 0.5) is 0 Å². The third-order valence-electron chi connectivity index (χ3n) is 3.82. The minimum atomic E-state index is -0.997. The summed E-state index contributed by atoms with van der Waals surface area (Å²) in [5, 5.41) is 0. The van der Waals surface area contributed by atoms with Crippen LogP contribution in [0.15, 0.2) is 54.6 Å². The molecule has 0 bridgehead atoms. The summed E-state index contributed by atoms with van der Waals surface area (Å²) in [4.78, 5) is 26.1. The van der Waals surface area contributed by atoms with E-state index >= 15 is 0 Å². The Kier molecular flexibility index (Phi) is 7.00. The Morgan fingerprint density at radius 2 is 1.63 bits per heavy atom. The predicted octanol–water partition coefficient (Wildman–Crippen LogP) is 3.09. The van der Waals surface area contributed by atoms with Crippen molar-refractivity contribution in [1.29, 1.82) is 0 Å². The van der Waals surface area contributed by atoms with Gasteiger partial charge in [0, 0.05) is 25.7 Å². The van der Waals surface area contributed by atoms with E-state index in [1.54, 1.807) is 69.7 Å². The van der Waals surface area contributed by atoms with Crippen LogP contribution in [0.25, 0.3) is 6.08 Å². The van der Waals surface area contributed by atoms with Crippen LogP contribution in [0.3, 0.4) is 0 Å². The number of esters is 1. The first-order valence-electron chi connectivity index (χ1n) is 8.33. The van der Waals surface area contributed by atoms with Crippen molar-refractivity contribution in [1.82, 2.24) is 4.90 Å². The van der Waals surface area contributed by atoms with Crippen molar-refractivity contribution in [3.05, 3.63) is 65.7 Å². The lowest BCUT2D eigenvalue weighted by atomic mass is 10.1. The lowest BCUT2D eigenvalue weighted by molar-refractivity contribution is -0.155. The molecule has 27 heavy (non-hydrogen) atoms. The molecule has 0 heterocycles. The number of rotatable bonds is 7. The van der Waals surface area contributed by atoms with E-state index in [4.69, 9.17) is 14.2 Å². The van der Waals surface area contributed by atoms with Gasteiger partial charge in [-0.1, -0.05) is 36.4 Å². The van der Waals surface area contributed by atoms with Crippen LogP contribution in [0.1, 0.15) is 17.2 Å². The highest BCUT2D eigenvalue weighted by atomic mass is 16.5. The van der Waals surface area contributed by atoms with E-state index in [1.165, 1.54) is 18.1 Å². The van der Waals surface area contributed by atoms with Gasteiger partial charge < -0.3 is 19.1 Å². The van der Waals surface area contributed by atoms with Gasteiger partial charge in [-0.3, -0.25) is 4.79 Å². The van der Waals surface area contributed by atoms with Gasteiger partial charge >= 0.3 is 5.97 Å². The number of nitrogens with zero attached hydrogens (tertiary/aromatic N) is 1. The standard InChI is InChI=1S/C21H23NO5/c1-22(2)21(24)20(16-8-6-5-7-9-16)27-19(23)13-11-15-10-12-17(25-3)18(14-15)26-4/h5-14,20H,1-4H3/b13-11+/t20-/m0/s1. The molecule has 2 aromatic carbocycles. The summed E-state index contributed by atoms with van der Waals surface area (Å²) in [5.41, 5.74) is 1.35. The summed E-state index contributed by atoms with van der Waals surface area (Å²) in [6, 6.07) is 14.2. The quantitative estimate of drug-likeness (QED) is 0.554. The van der Waals surface area contributed by atoms with Gasteiger partial charge in [0.2, 0.25) is 6.10 Å². The van der Waals surface area contributed by atoms with Crippen molar-refractivity contribution >= 4 is 18.0 Å². The van der Waals surface area contributed by atoms with Crippen molar-refractivity contribution in [3.8, 4) is 11.5 Å². The van der Waals surface area contributed by atoms with E-state index in [-0.39, 0.29) is 5.91 Å². The maximum atomic E-state index is 12.4. The van der Waals surface area contributed by atoms with Gasteiger partial charge in [0.25, 0.3) is 5.91 Å². The van der Waals surface area contributed by atoms with Crippen molar-refractivity contribution in [2.75, 3.05) is 28.3 Å². The molecule has 0 spiro atoms. The summed E-state index contributed by atoms with van der Waals surface area (Å²) in [7, 11) is 6.32. The zero-order chi connectivity index (χ0) is 19.8. The van der Waals surface area contributed by atoms with E-state index < -0.39 is 12.1 Å². The van der Waals surface area contributed by atoms with E-state index in [0.29, 0.717) is 17.1 Å². The Hall–Kier alpha value is -3.28. The number of benzene rings is 2. The van der Waals surface area contributed by atoms with Crippen LogP contribution in [-0.2, 0) is 14.3 Å². The SMILES string of the molecule is COc1ccc(/C=C/C(=O)O[C@H](C(=O)N(C)C)c2ccccc2)cc1OC. The molecule has 0 aliphatic carbocycles. The summed E-state index contributed by atoms with van der Waals surface area (Å²) in [6.45, 7) is 0. The van der Waals surface area contributed by atoms with E-state index in [2.05, 4.69) is 0 Å². The number of amides is 1. The average molecular weight is 369 g/mol. The molecule has 0 aliphatic rings. The first-order chi connectivity index (χ1) is 13.0. The molecule has 0 aliphatic heterocycles. The largest absolute Gasteiger partial charge is 0.493 e. The highest BCUT2D eigenvalue weighted by molar-refractivity contribution is 5.91. The second-order valence-electron chi connectivity index (χ2n) is 5.91. The van der Waals surface area contributed by atoms with Crippen LogP contribution >= 0.6 is 0 Å². The van der Waals surface area contributed by atoms with Gasteiger partial charge in [-0.25, -0.2) is 4.79 Å². The Bertz CT molecular complexity index is 815. The lowest BCUT2D eigenvalue weighted by Gasteiger charge is -2.20. The van der Waals surface area contributed by atoms with E-state index in [0.717, 1.165) is 5.56 Å². The molecule has 1 atom stereocenters. The van der Waals surface area contributed by atoms with Crippen molar-refractivity contribution in [3.63, 3.8) is 0 Å². The van der Waals surface area contributed by atoms with E-state index in [9.17, 15) is 9.59 Å². The molecular weight excluding hydrogens is 346 g/mol. The molecule has 1 amide bonds. The summed E-state index contributed by atoms with van der Waals surface area (Å²) >= 11 is 0. The minimum Gasteiger partial charge on any atom is -0.493 e. The second-order valence-corrected chi connectivity index (χ2v) is 5.91. The molecule has 142 valence electrons. The molecule has 6 heteroatoms. The molecule has 2 aromatic rings. The van der Waals surface area contributed by atoms with Crippen molar-refractivity contribution < 1.29 is 23.8 Å². The Balaban J connectivity index is 2.16. The predicted molar refractivity (Wildman–Crippen MR) is 103 cm³/mol. The van der Waals surface area contributed by atoms with Gasteiger partial charge in [0.05, 0.1) is 14.2 Å². The maximum Gasteiger partial charge on any atom is 0.331 e. The lowest BCUT2D eigenvalue weighted by Crippen LogP contribution is -2.30. The molecule has 0 radical (unpaired) electrons. The molecule has 0 N–H and O–H groups in total. The smallest absolute Gasteiger partial charge is 0.331 e. The fourth-order valence-corrected chi connectivity index (χ4v) is 2.40. The van der Waals surface area contributed by atoms with Crippen molar-refractivity contribution in [2.24, 2.45) is 0 Å². The summed E-state index contributed by atoms with van der Waals surface area (Å²) in [5.74, 6) is 0.221. The third-order valence-corrected chi connectivity index (χ3v) is 3.82. The van der Waals surface area contributed by atoms with Crippen LogP contribution in [0.5, 0.6) is 11.5 Å². The highest BCUT2D eigenvalue weighted by Crippen LogP contribution is 2.28. The molecule has 2 rings (SSSR count). The number of methoxy groups -OCH3 is 2. The summed E-state index contributed by atoms with van der Waals surface area (Å²) in [6.07, 6.45) is 1.87. The van der Waals surface area contributed by atoms with Crippen LogP contribution in [0.2, 0.25) is 0 Å². The van der Waals surface area contributed by atoms with Gasteiger partial charge in [-0.15, -0.1) is 0 Å². The zero-order valence-corrected chi connectivity index (χ0v) is 15.8. The van der Waals surface area contributed by atoms with E-state index in [1.807, 2.05) is 6.07 Å². The average Bonchev–Trinajstić information content (AvgIpc) is 2.70. The highest BCUT2D eigenvalue weighted by Gasteiger charge is 2.25. The molecule has 0 saturated carbocycles. The summed E-state index contributed by atoms with van der Waals surface area (Å²) < 4.78 is 15.8. The number of carbonyl (C=O) groups excluding carboxylic acids is 2. The zero-order valence-electron chi connectivity index (χ0n) is 15.8. The van der Waals surface area contributed by atoms with Gasteiger partial charge in [-0.2, -0.15) is 0 Å². The van der Waals surface area contributed by atoms with Crippen LogP contribution < -0.4 is 9.47 Å². The molecule has 0 unspecified atom stereocenters. The molecule has 0 saturated heterocycles. The van der Waals surface area contributed by atoms with Gasteiger partial charge in [0.1, 0.15) is 0 Å². The van der Waals surface area contributed by atoms with Crippen molar-refractivity contribution in [2.45, 2.75) is 6.10 Å². The van der Waals surface area contributed by atoms with Crippen LogP contribution in [-0.4, -0.2) is 45.1 Å². The Labute approximate surface area is 159 Å². The third kappa shape index (κ3) is 5.34. The monoisotopic (exact) mass is 369 g/mol. The van der Waals surface area contributed by atoms with Gasteiger partial charge in [-0.05, 0) is 23.8 Å². The number of hydrogen-bond donors (Lipinski definition) is 0. The molecule has 0 fully saturated rings. The fraction of sp³-hybridized carbons (Fsp3) is 0.238. The number of likely N-dealkylation sites (N-methyl/N-ethyl adjacent to an activating group) is 1. The van der Waals surface area contributed by atoms with Crippen LogP contribution in [0, 0.1) is 0 Å². The molecule has 0 aromatic heterocycles. The fourth-order valence-electron chi connectivity index (χ4n) is 2.40. The first-order valence-corrected chi connectivity index (χ1v) is 8.33. The molecule has 6 nitrogen and oxygen atoms in total. The number of ether oxygens (including phenoxy) is 3. The van der Waals surface area contributed by atoms with Gasteiger partial charge in [0.15, 0.2) is 11.5 Å². The molecular formula is C21H23NO5. The first kappa shape index (κ1) is 20.0. The Morgan fingerprint density at radius 3 is 2.22 bits per heavy atom.